The Bertz CT molecular complexity index is 2200. The molecule has 2 aromatic rings. The van der Waals surface area contributed by atoms with E-state index in [-0.39, 0.29) is 72.2 Å². The van der Waals surface area contributed by atoms with Crippen molar-refractivity contribution in [1.29, 1.82) is 0 Å². The van der Waals surface area contributed by atoms with Gasteiger partial charge in [0, 0.05) is 56.9 Å². The first-order chi connectivity index (χ1) is 31.8. The van der Waals surface area contributed by atoms with E-state index >= 15 is 0 Å². The molecule has 7 N–H and O–H groups in total. The van der Waals surface area contributed by atoms with Crippen LogP contribution in [0.4, 0.5) is 5.69 Å². The first kappa shape index (κ1) is 57.5. The van der Waals surface area contributed by atoms with E-state index in [4.69, 9.17) is 11.2 Å². The highest BCUT2D eigenvalue weighted by molar-refractivity contribution is 7.09. The van der Waals surface area contributed by atoms with Crippen molar-refractivity contribution in [2.45, 2.75) is 104 Å². The largest absolute Gasteiger partial charge is 0.506 e. The monoisotopic (exact) mass is 964 g/mol. The summed E-state index contributed by atoms with van der Waals surface area (Å²) in [6.45, 7) is 18.7. The average Bonchev–Trinajstić information content (AvgIpc) is 3.78. The third-order valence-corrected chi connectivity index (χ3v) is 12.7. The summed E-state index contributed by atoms with van der Waals surface area (Å²) in [7, 11) is 5.16. The number of hydrogen-bond donors (Lipinski definition) is 7. The summed E-state index contributed by atoms with van der Waals surface area (Å²) in [5.74, 6) is -6.13. The van der Waals surface area contributed by atoms with Crippen LogP contribution in [0.2, 0.25) is 0 Å². The molecule has 6 amide bonds. The number of phenols is 1. The Kier molecular flexibility index (Phi) is 22.6. The number of carboxylic acid groups (broad SMARTS) is 1. The average molecular weight is 965 g/mol. The van der Waals surface area contributed by atoms with Crippen molar-refractivity contribution in [2.75, 3.05) is 39.5 Å². The lowest BCUT2D eigenvalue weighted by atomic mass is 9.91. The summed E-state index contributed by atoms with van der Waals surface area (Å²) in [4.78, 5) is 111. The quantitative estimate of drug-likeness (QED) is 0.0223. The Balaban J connectivity index is 2.44. The molecule has 0 aliphatic heterocycles. The van der Waals surface area contributed by atoms with Crippen molar-refractivity contribution in [2.24, 2.45) is 23.7 Å². The zero-order chi connectivity index (χ0) is 51.6. The molecule has 0 spiro atoms. The molecule has 7 atom stereocenters. The highest BCUT2D eigenvalue weighted by Crippen LogP contribution is 2.32. The fraction of sp³-hybridized carbons (Fsp3) is 0.521. The van der Waals surface area contributed by atoms with E-state index < -0.39 is 83.1 Å². The molecular weight excluding hydrogens is 897 g/mol. The van der Waals surface area contributed by atoms with Crippen molar-refractivity contribution in [3.05, 3.63) is 65.2 Å². The second-order valence-corrected chi connectivity index (χ2v) is 18.5. The molecule has 1 heterocycles. The number of phenolic OH excluding ortho intramolecular Hbond substituents is 1. The van der Waals surface area contributed by atoms with E-state index in [1.165, 1.54) is 37.4 Å². The number of nitrogens with one attached hydrogen (secondary N) is 5. The molecule has 0 saturated heterocycles. The zero-order valence-corrected chi connectivity index (χ0v) is 41.5. The number of likely N-dealkylation sites (N-methyl/N-ethyl adjacent to an activating group) is 2. The van der Waals surface area contributed by atoms with Crippen LogP contribution in [0, 0.1) is 36.0 Å². The van der Waals surface area contributed by atoms with Crippen molar-refractivity contribution < 1.29 is 53.3 Å². The first-order valence-electron chi connectivity index (χ1n) is 22.1. The Labute approximate surface area is 402 Å². The number of esters is 1. The topological polar surface area (TPSA) is 266 Å². The molecule has 0 fully saturated rings. The Morgan fingerprint density at radius 3 is 2.19 bits per heavy atom. The highest BCUT2D eigenvalue weighted by atomic mass is 32.1. The second kappa shape index (κ2) is 26.7. The summed E-state index contributed by atoms with van der Waals surface area (Å²) in [5.41, 5.74) is -0.544. The maximum Gasteiger partial charge on any atom is 0.306 e. The molecule has 2 unspecified atom stereocenters. The molecule has 2 rings (SSSR count). The molecule has 0 aliphatic carbocycles. The number of aromatic hydroxyl groups is 1. The van der Waals surface area contributed by atoms with Crippen LogP contribution in [-0.4, -0.2) is 130 Å². The number of aliphatic carboxylic acids is 1. The minimum Gasteiger partial charge on any atom is -0.506 e. The number of anilines is 1. The Morgan fingerprint density at radius 1 is 1.00 bits per heavy atom. The minimum atomic E-state index is -1.11. The normalized spacial score (nSPS) is 14.3. The van der Waals surface area contributed by atoms with Crippen LogP contribution < -0.4 is 26.6 Å². The van der Waals surface area contributed by atoms with E-state index in [1.54, 1.807) is 50.9 Å². The SMILES string of the molecule is C#CC(=O)NCC(CNC(=O)C=C)C(=O)Nc1cc(C[C@@H](CC(C)C(=O)O)NC(=O)c2csc([C@@H](C[C@H](C(C)C)N(C)C(=O)[C@@H](NC(=O)C(C)(C)N(C)C)[C@@H](C=C)CC)OC(C)=O)n2)ccc1O. The van der Waals surface area contributed by atoms with Crippen molar-refractivity contribution in [1.82, 2.24) is 36.1 Å². The van der Waals surface area contributed by atoms with E-state index in [9.17, 15) is 48.6 Å². The molecule has 1 aromatic heterocycles. The van der Waals surface area contributed by atoms with Crippen molar-refractivity contribution >= 4 is 64.4 Å². The molecule has 0 saturated carbocycles. The fourth-order valence-electron chi connectivity index (χ4n) is 6.96. The predicted octanol–water partition coefficient (Wildman–Crippen LogP) is 3.42. The van der Waals surface area contributed by atoms with E-state index in [0.717, 1.165) is 17.4 Å². The van der Waals surface area contributed by atoms with Gasteiger partial charge in [-0.05, 0) is 82.8 Å². The minimum absolute atomic E-state index is 0.0336. The van der Waals surface area contributed by atoms with Crippen LogP contribution in [0.25, 0.3) is 0 Å². The van der Waals surface area contributed by atoms with Crippen molar-refractivity contribution in [3.8, 4) is 18.1 Å². The molecule has 0 bridgehead atoms. The van der Waals surface area contributed by atoms with Gasteiger partial charge in [-0.3, -0.25) is 43.3 Å². The van der Waals surface area contributed by atoms with Gasteiger partial charge in [0.1, 0.15) is 22.5 Å². The van der Waals surface area contributed by atoms with Crippen LogP contribution in [0.15, 0.2) is 48.9 Å². The number of carboxylic acids is 1. The molecule has 372 valence electrons. The smallest absolute Gasteiger partial charge is 0.306 e. The molecule has 0 radical (unpaired) electrons. The predicted molar refractivity (Wildman–Crippen MR) is 258 cm³/mol. The number of terminal acetylenes is 1. The van der Waals surface area contributed by atoms with Gasteiger partial charge in [-0.2, -0.15) is 0 Å². The van der Waals surface area contributed by atoms with Crippen LogP contribution in [0.1, 0.15) is 94.9 Å². The van der Waals surface area contributed by atoms with Crippen LogP contribution in [-0.2, 0) is 44.7 Å². The van der Waals surface area contributed by atoms with Gasteiger partial charge >= 0.3 is 11.9 Å². The number of amides is 6. The first-order valence-corrected chi connectivity index (χ1v) is 23.0. The van der Waals surface area contributed by atoms with Gasteiger partial charge in [-0.1, -0.05) is 46.4 Å². The van der Waals surface area contributed by atoms with Crippen LogP contribution in [0.5, 0.6) is 5.75 Å². The fourth-order valence-corrected chi connectivity index (χ4v) is 7.80. The van der Waals surface area contributed by atoms with Gasteiger partial charge in [0.2, 0.25) is 23.6 Å². The summed E-state index contributed by atoms with van der Waals surface area (Å²) in [5, 5.41) is 35.5. The van der Waals surface area contributed by atoms with Gasteiger partial charge in [0.25, 0.3) is 11.8 Å². The van der Waals surface area contributed by atoms with E-state index in [2.05, 4.69) is 44.7 Å². The Hall–Kier alpha value is -6.59. The number of nitrogens with zero attached hydrogens (tertiary/aromatic N) is 3. The third kappa shape index (κ3) is 16.9. The number of ether oxygens (including phenoxy) is 1. The van der Waals surface area contributed by atoms with Crippen LogP contribution >= 0.6 is 11.3 Å². The van der Waals surface area contributed by atoms with Gasteiger partial charge in [0.15, 0.2) is 6.10 Å². The summed E-state index contributed by atoms with van der Waals surface area (Å²) in [6, 6.07) is 1.97. The lowest BCUT2D eigenvalue weighted by molar-refractivity contribution is -0.149. The van der Waals surface area contributed by atoms with Crippen LogP contribution in [0.3, 0.4) is 0 Å². The third-order valence-electron chi connectivity index (χ3n) is 11.8. The number of thiazole rings is 1. The number of hydrogen-bond acceptors (Lipinski definition) is 13. The lowest BCUT2D eigenvalue weighted by Crippen LogP contribution is -2.60. The number of aromatic nitrogens is 1. The zero-order valence-electron chi connectivity index (χ0n) is 40.6. The molecule has 20 heteroatoms. The number of rotatable bonds is 27. The molecule has 68 heavy (non-hydrogen) atoms. The molecule has 0 aliphatic rings. The highest BCUT2D eigenvalue weighted by Gasteiger charge is 2.39. The van der Waals surface area contributed by atoms with Gasteiger partial charge in [-0.25, -0.2) is 4.98 Å². The second-order valence-electron chi connectivity index (χ2n) is 17.6. The number of benzene rings is 1. The maximum absolute atomic E-state index is 14.4. The number of carbonyl (C=O) groups is 8. The molecule has 19 nitrogen and oxygen atoms in total. The van der Waals surface area contributed by atoms with E-state index in [0.29, 0.717) is 12.0 Å². The van der Waals surface area contributed by atoms with Gasteiger partial charge < -0.3 is 46.4 Å². The van der Waals surface area contributed by atoms with Crippen molar-refractivity contribution in [3.63, 3.8) is 0 Å². The number of carbonyl (C=O) groups excluding carboxylic acids is 7. The van der Waals surface area contributed by atoms with Gasteiger partial charge in [0.05, 0.1) is 23.1 Å². The summed E-state index contributed by atoms with van der Waals surface area (Å²) >= 11 is 1.06. The summed E-state index contributed by atoms with van der Waals surface area (Å²) < 4.78 is 5.77. The molecular formula is C48H68N8O11S. The van der Waals surface area contributed by atoms with E-state index in [1.807, 2.05) is 26.7 Å². The lowest BCUT2D eigenvalue weighted by Gasteiger charge is -2.38. The maximum atomic E-state index is 14.4. The van der Waals surface area contributed by atoms with Gasteiger partial charge in [-0.15, -0.1) is 24.3 Å². The molecule has 1 aromatic carbocycles. The summed E-state index contributed by atoms with van der Waals surface area (Å²) in [6.07, 6.45) is 7.38. The Morgan fingerprint density at radius 2 is 1.65 bits per heavy atom. The standard InChI is InChI=1S/C48H68N8O11S/c1-14-31(15-2)41(54-47(66)48(9,10)55(11)12)45(63)56(13)36(27(5)6)23-38(67-29(8)57)44-53-35(26-68-44)43(62)51-33(20-28(7)46(64)65)21-30-18-19-37(58)34(22-30)52-42(61)32(24-49-39(59)16-3)25-50-40(60)17-4/h3,14,17-19,22,26-28,31-33,36,38,41,58H,1,4,15,20-21,23-25H2,2,5-13H3,(H,49,59)(H,50,60)(H,51,62)(H,52,61)(H,54,66)(H,64,65)/t28?,31-,32?,33+,36+,38+,41-/m0/s1.